The Labute approximate surface area is 124 Å². The molecule has 3 aliphatic rings. The third kappa shape index (κ3) is 2.27. The van der Waals surface area contributed by atoms with E-state index in [-0.39, 0.29) is 11.8 Å². The van der Waals surface area contributed by atoms with Crippen molar-refractivity contribution < 1.29 is 9.53 Å². The fourth-order valence-corrected chi connectivity index (χ4v) is 3.46. The van der Waals surface area contributed by atoms with Crippen molar-refractivity contribution in [2.75, 3.05) is 44.3 Å². The number of rotatable bonds is 2. The molecule has 0 saturated carbocycles. The molecular formula is C15H20N4O2. The fourth-order valence-electron chi connectivity index (χ4n) is 3.46. The highest BCUT2D eigenvalue weighted by atomic mass is 16.5. The lowest BCUT2D eigenvalue weighted by atomic mass is 9.97. The van der Waals surface area contributed by atoms with Crippen molar-refractivity contribution in [3.8, 4) is 0 Å². The topological polar surface area (TPSA) is 58.6 Å². The van der Waals surface area contributed by atoms with Crippen LogP contribution in [0.3, 0.4) is 0 Å². The summed E-state index contributed by atoms with van der Waals surface area (Å²) in [5, 5.41) is 0. The quantitative estimate of drug-likeness (QED) is 0.781. The minimum atomic E-state index is 0.120. The molecule has 6 nitrogen and oxygen atoms in total. The number of anilines is 1. The monoisotopic (exact) mass is 288 g/mol. The van der Waals surface area contributed by atoms with Gasteiger partial charge in [-0.3, -0.25) is 4.79 Å². The molecule has 112 valence electrons. The molecule has 0 aromatic carbocycles. The molecule has 2 saturated heterocycles. The fraction of sp³-hybridized carbons (Fsp3) is 0.667. The van der Waals surface area contributed by atoms with Crippen LogP contribution in [0.1, 0.15) is 17.7 Å². The van der Waals surface area contributed by atoms with Crippen LogP contribution in [0, 0.1) is 5.92 Å². The van der Waals surface area contributed by atoms with Crippen LogP contribution in [0.15, 0.2) is 6.33 Å². The van der Waals surface area contributed by atoms with E-state index in [0.29, 0.717) is 13.2 Å². The van der Waals surface area contributed by atoms with Gasteiger partial charge in [-0.05, 0) is 19.3 Å². The SMILES string of the molecule is O=C(C1CN(c2ncnc3c2CCC3)C1)N1CCOCC1. The third-order valence-corrected chi connectivity index (χ3v) is 4.71. The van der Waals surface area contributed by atoms with Crippen LogP contribution >= 0.6 is 0 Å². The summed E-state index contributed by atoms with van der Waals surface area (Å²) < 4.78 is 5.30. The minimum absolute atomic E-state index is 0.120. The Morgan fingerprint density at radius 3 is 2.81 bits per heavy atom. The van der Waals surface area contributed by atoms with Crippen molar-refractivity contribution >= 4 is 11.7 Å². The predicted molar refractivity (Wildman–Crippen MR) is 77.2 cm³/mol. The Hall–Kier alpha value is -1.69. The van der Waals surface area contributed by atoms with E-state index in [1.807, 2.05) is 4.90 Å². The molecule has 4 rings (SSSR count). The standard InChI is InChI=1S/C15H20N4O2/c20-15(18-4-6-21-7-5-18)11-8-19(9-11)14-12-2-1-3-13(12)16-10-17-14/h10-11H,1-9H2. The molecule has 6 heteroatoms. The molecule has 0 atom stereocenters. The van der Waals surface area contributed by atoms with Gasteiger partial charge < -0.3 is 14.5 Å². The van der Waals surface area contributed by atoms with E-state index in [1.165, 1.54) is 17.7 Å². The van der Waals surface area contributed by atoms with Crippen molar-refractivity contribution in [2.24, 2.45) is 5.92 Å². The summed E-state index contributed by atoms with van der Waals surface area (Å²) in [6.07, 6.45) is 4.97. The van der Waals surface area contributed by atoms with Crippen LogP contribution in [0.4, 0.5) is 5.82 Å². The van der Waals surface area contributed by atoms with Crippen LogP contribution in [-0.2, 0) is 22.4 Å². The molecule has 21 heavy (non-hydrogen) atoms. The van der Waals surface area contributed by atoms with Gasteiger partial charge in [-0.1, -0.05) is 0 Å². The molecule has 3 heterocycles. The summed E-state index contributed by atoms with van der Waals surface area (Å²) in [6, 6.07) is 0. The third-order valence-electron chi connectivity index (χ3n) is 4.71. The Bertz CT molecular complexity index is 551. The van der Waals surface area contributed by atoms with Gasteiger partial charge in [0.1, 0.15) is 12.1 Å². The van der Waals surface area contributed by atoms with Crippen molar-refractivity contribution in [1.82, 2.24) is 14.9 Å². The number of ether oxygens (including phenoxy) is 1. The number of carbonyl (C=O) groups excluding carboxylic acids is 1. The van der Waals surface area contributed by atoms with Crippen molar-refractivity contribution in [2.45, 2.75) is 19.3 Å². The molecular weight excluding hydrogens is 268 g/mol. The summed E-state index contributed by atoms with van der Waals surface area (Å²) in [5.74, 6) is 1.46. The molecule has 0 unspecified atom stereocenters. The number of morpholine rings is 1. The first kappa shape index (κ1) is 13.0. The molecule has 0 N–H and O–H groups in total. The molecule has 0 radical (unpaired) electrons. The number of amides is 1. The second-order valence-corrected chi connectivity index (χ2v) is 6.02. The van der Waals surface area contributed by atoms with Gasteiger partial charge in [-0.25, -0.2) is 9.97 Å². The molecule has 0 spiro atoms. The second-order valence-electron chi connectivity index (χ2n) is 6.02. The number of hydrogen-bond acceptors (Lipinski definition) is 5. The number of aryl methyl sites for hydroxylation is 1. The zero-order valence-electron chi connectivity index (χ0n) is 12.1. The lowest BCUT2D eigenvalue weighted by Crippen LogP contribution is -2.56. The van der Waals surface area contributed by atoms with E-state index < -0.39 is 0 Å². The molecule has 1 amide bonds. The zero-order chi connectivity index (χ0) is 14.2. The van der Waals surface area contributed by atoms with E-state index in [9.17, 15) is 4.79 Å². The Morgan fingerprint density at radius 1 is 1.19 bits per heavy atom. The smallest absolute Gasteiger partial charge is 0.229 e. The molecule has 0 bridgehead atoms. The first-order valence-electron chi connectivity index (χ1n) is 7.77. The van der Waals surface area contributed by atoms with E-state index in [2.05, 4.69) is 14.9 Å². The average molecular weight is 288 g/mol. The van der Waals surface area contributed by atoms with Crippen LogP contribution in [0.25, 0.3) is 0 Å². The maximum Gasteiger partial charge on any atom is 0.229 e. The number of hydrogen-bond donors (Lipinski definition) is 0. The summed E-state index contributed by atoms with van der Waals surface area (Å²) in [7, 11) is 0. The van der Waals surface area contributed by atoms with Crippen LogP contribution in [-0.4, -0.2) is 60.2 Å². The first-order chi connectivity index (χ1) is 10.3. The average Bonchev–Trinajstić information content (AvgIpc) is 2.96. The van der Waals surface area contributed by atoms with E-state index in [4.69, 9.17) is 4.74 Å². The summed E-state index contributed by atoms with van der Waals surface area (Å²) in [4.78, 5) is 25.4. The van der Waals surface area contributed by atoms with Gasteiger partial charge in [-0.15, -0.1) is 0 Å². The molecule has 1 aromatic heterocycles. The van der Waals surface area contributed by atoms with E-state index in [1.54, 1.807) is 6.33 Å². The normalized spacial score (nSPS) is 22.1. The van der Waals surface area contributed by atoms with Crippen LogP contribution in [0.5, 0.6) is 0 Å². The Kier molecular flexibility index (Phi) is 3.25. The van der Waals surface area contributed by atoms with Crippen molar-refractivity contribution in [1.29, 1.82) is 0 Å². The highest BCUT2D eigenvalue weighted by molar-refractivity contribution is 5.82. The Balaban J connectivity index is 1.41. The maximum absolute atomic E-state index is 12.4. The van der Waals surface area contributed by atoms with Gasteiger partial charge in [0.15, 0.2) is 0 Å². The molecule has 1 aromatic rings. The summed E-state index contributed by atoms with van der Waals surface area (Å²) in [5.41, 5.74) is 2.50. The summed E-state index contributed by atoms with van der Waals surface area (Å²) in [6.45, 7) is 4.39. The number of aromatic nitrogens is 2. The number of fused-ring (bicyclic) bond motifs is 1. The zero-order valence-corrected chi connectivity index (χ0v) is 12.1. The lowest BCUT2D eigenvalue weighted by Gasteiger charge is -2.42. The van der Waals surface area contributed by atoms with Gasteiger partial charge in [0, 0.05) is 37.4 Å². The maximum atomic E-state index is 12.4. The van der Waals surface area contributed by atoms with Gasteiger partial charge in [0.25, 0.3) is 0 Å². The molecule has 2 aliphatic heterocycles. The molecule has 2 fully saturated rings. The van der Waals surface area contributed by atoms with Crippen molar-refractivity contribution in [3.05, 3.63) is 17.6 Å². The second kappa shape index (κ2) is 5.26. The van der Waals surface area contributed by atoms with Crippen LogP contribution < -0.4 is 4.90 Å². The van der Waals surface area contributed by atoms with E-state index in [0.717, 1.165) is 44.8 Å². The van der Waals surface area contributed by atoms with Gasteiger partial charge in [0.05, 0.1) is 19.1 Å². The van der Waals surface area contributed by atoms with Gasteiger partial charge >= 0.3 is 0 Å². The summed E-state index contributed by atoms with van der Waals surface area (Å²) >= 11 is 0. The first-order valence-corrected chi connectivity index (χ1v) is 7.77. The number of carbonyl (C=O) groups is 1. The lowest BCUT2D eigenvalue weighted by molar-refractivity contribution is -0.140. The molecule has 1 aliphatic carbocycles. The minimum Gasteiger partial charge on any atom is -0.378 e. The predicted octanol–water partition coefficient (Wildman–Crippen LogP) is 0.260. The van der Waals surface area contributed by atoms with Crippen LogP contribution in [0.2, 0.25) is 0 Å². The number of nitrogens with zero attached hydrogens (tertiary/aromatic N) is 4. The Morgan fingerprint density at radius 2 is 2.00 bits per heavy atom. The highest BCUT2D eigenvalue weighted by Gasteiger charge is 2.37. The highest BCUT2D eigenvalue weighted by Crippen LogP contribution is 2.32. The van der Waals surface area contributed by atoms with Crippen molar-refractivity contribution in [3.63, 3.8) is 0 Å². The largest absolute Gasteiger partial charge is 0.378 e. The van der Waals surface area contributed by atoms with Gasteiger partial charge in [0.2, 0.25) is 5.91 Å². The van der Waals surface area contributed by atoms with Gasteiger partial charge in [-0.2, -0.15) is 0 Å². The van der Waals surface area contributed by atoms with E-state index >= 15 is 0 Å².